The largest absolute Gasteiger partial charge is 0.316 e. The first kappa shape index (κ1) is 11.4. The van der Waals surface area contributed by atoms with Gasteiger partial charge in [0.2, 0.25) is 0 Å². The van der Waals surface area contributed by atoms with Crippen LogP contribution in [0.4, 0.5) is 0 Å². The van der Waals surface area contributed by atoms with Crippen LogP contribution >= 0.6 is 11.8 Å². The van der Waals surface area contributed by atoms with E-state index in [-0.39, 0.29) is 0 Å². The fourth-order valence-electron chi connectivity index (χ4n) is 3.12. The van der Waals surface area contributed by atoms with Crippen LogP contribution in [0.25, 0.3) is 5.57 Å². The Labute approximate surface area is 108 Å². The number of hydrogen-bond acceptors (Lipinski definition) is 2. The summed E-state index contributed by atoms with van der Waals surface area (Å²) in [5.74, 6) is 1.62. The van der Waals surface area contributed by atoms with E-state index < -0.39 is 0 Å². The van der Waals surface area contributed by atoms with Gasteiger partial charge in [0.15, 0.2) is 0 Å². The molecule has 1 aliphatic heterocycles. The lowest BCUT2D eigenvalue weighted by Gasteiger charge is -2.26. The molecule has 0 spiro atoms. The van der Waals surface area contributed by atoms with Gasteiger partial charge in [-0.2, -0.15) is 0 Å². The van der Waals surface area contributed by atoms with Crippen LogP contribution in [0, 0.1) is 11.8 Å². The van der Waals surface area contributed by atoms with E-state index in [0.29, 0.717) is 0 Å². The topological polar surface area (TPSA) is 12.0 Å². The van der Waals surface area contributed by atoms with Gasteiger partial charge in [-0.3, -0.25) is 0 Å². The summed E-state index contributed by atoms with van der Waals surface area (Å²) in [7, 11) is 0. The van der Waals surface area contributed by atoms with Gasteiger partial charge in [0.1, 0.15) is 0 Å². The minimum absolute atomic E-state index is 0.754. The van der Waals surface area contributed by atoms with Gasteiger partial charge in [-0.1, -0.05) is 18.2 Å². The number of allylic oxidation sites excluding steroid dienone is 1. The first-order valence-corrected chi connectivity index (χ1v) is 7.66. The summed E-state index contributed by atoms with van der Waals surface area (Å²) in [5.41, 5.74) is 3.01. The average molecular weight is 245 g/mol. The summed E-state index contributed by atoms with van der Waals surface area (Å²) in [4.78, 5) is 1.35. The van der Waals surface area contributed by atoms with Crippen LogP contribution in [0.15, 0.2) is 35.2 Å². The molecule has 17 heavy (non-hydrogen) atoms. The van der Waals surface area contributed by atoms with Crippen molar-refractivity contribution in [2.75, 3.05) is 19.3 Å². The van der Waals surface area contributed by atoms with E-state index in [1.165, 1.54) is 36.4 Å². The maximum absolute atomic E-state index is 3.54. The molecule has 2 aliphatic rings. The SMILES string of the molecule is CSc1ccc(C2=CCCC3CNCC23)cc1. The molecule has 1 heterocycles. The maximum atomic E-state index is 3.54. The minimum Gasteiger partial charge on any atom is -0.316 e. The molecule has 0 radical (unpaired) electrons. The number of fused-ring (bicyclic) bond motifs is 1. The molecule has 1 fully saturated rings. The van der Waals surface area contributed by atoms with Gasteiger partial charge in [-0.25, -0.2) is 0 Å². The third-order valence-electron chi connectivity index (χ3n) is 4.06. The fraction of sp³-hybridized carbons (Fsp3) is 0.467. The second-order valence-corrected chi connectivity index (χ2v) is 5.87. The molecular weight excluding hydrogens is 226 g/mol. The van der Waals surface area contributed by atoms with Crippen LogP contribution in [0.5, 0.6) is 0 Å². The van der Waals surface area contributed by atoms with Gasteiger partial charge in [0.05, 0.1) is 0 Å². The van der Waals surface area contributed by atoms with Crippen LogP contribution in [-0.2, 0) is 0 Å². The summed E-state index contributed by atoms with van der Waals surface area (Å²) in [6, 6.07) is 9.07. The Kier molecular flexibility index (Phi) is 3.26. The van der Waals surface area contributed by atoms with Crippen molar-refractivity contribution < 1.29 is 0 Å². The molecule has 3 rings (SSSR count). The minimum atomic E-state index is 0.754. The number of nitrogens with one attached hydrogen (secondary N) is 1. The van der Waals surface area contributed by atoms with Gasteiger partial charge < -0.3 is 5.32 Å². The van der Waals surface area contributed by atoms with Gasteiger partial charge in [-0.05, 0) is 54.8 Å². The number of rotatable bonds is 2. The summed E-state index contributed by atoms with van der Waals surface area (Å²) in [5, 5.41) is 3.54. The zero-order valence-corrected chi connectivity index (χ0v) is 11.1. The molecule has 1 N–H and O–H groups in total. The van der Waals surface area contributed by atoms with Crippen molar-refractivity contribution in [3.63, 3.8) is 0 Å². The van der Waals surface area contributed by atoms with Gasteiger partial charge in [-0.15, -0.1) is 11.8 Å². The Bertz CT molecular complexity index is 421. The van der Waals surface area contributed by atoms with Crippen LogP contribution in [0.3, 0.4) is 0 Å². The highest BCUT2D eigenvalue weighted by Crippen LogP contribution is 2.38. The molecule has 2 unspecified atom stereocenters. The predicted octanol–water partition coefficient (Wildman–Crippen LogP) is 3.42. The van der Waals surface area contributed by atoms with E-state index in [1.807, 2.05) is 11.8 Å². The van der Waals surface area contributed by atoms with E-state index in [0.717, 1.165) is 11.8 Å². The van der Waals surface area contributed by atoms with Crippen LogP contribution < -0.4 is 5.32 Å². The zero-order chi connectivity index (χ0) is 11.7. The predicted molar refractivity (Wildman–Crippen MR) is 75.3 cm³/mol. The first-order chi connectivity index (χ1) is 8.38. The molecule has 0 aromatic heterocycles. The second-order valence-electron chi connectivity index (χ2n) is 4.99. The normalized spacial score (nSPS) is 27.7. The Hall–Kier alpha value is -0.730. The molecule has 0 amide bonds. The molecule has 1 aliphatic carbocycles. The molecule has 90 valence electrons. The molecule has 1 nitrogen and oxygen atoms in total. The van der Waals surface area contributed by atoms with Gasteiger partial charge >= 0.3 is 0 Å². The Morgan fingerprint density at radius 1 is 1.18 bits per heavy atom. The first-order valence-electron chi connectivity index (χ1n) is 6.43. The van der Waals surface area contributed by atoms with Crippen LogP contribution in [-0.4, -0.2) is 19.3 Å². The van der Waals surface area contributed by atoms with Crippen molar-refractivity contribution >= 4 is 17.3 Å². The fourth-order valence-corrected chi connectivity index (χ4v) is 3.53. The highest BCUT2D eigenvalue weighted by atomic mass is 32.2. The standard InChI is InChI=1S/C15H19NS/c1-17-13-7-5-11(6-8-13)14-4-2-3-12-9-16-10-15(12)14/h4-8,12,15-16H,2-3,9-10H2,1H3. The number of thioether (sulfide) groups is 1. The summed E-state index contributed by atoms with van der Waals surface area (Å²) in [6.45, 7) is 2.38. The van der Waals surface area contributed by atoms with E-state index in [1.54, 1.807) is 5.57 Å². The van der Waals surface area contributed by atoms with Crippen molar-refractivity contribution in [1.82, 2.24) is 5.32 Å². The van der Waals surface area contributed by atoms with E-state index in [9.17, 15) is 0 Å². The summed E-state index contributed by atoms with van der Waals surface area (Å²) < 4.78 is 0. The third-order valence-corrected chi connectivity index (χ3v) is 4.81. The highest BCUT2D eigenvalue weighted by Gasteiger charge is 2.32. The lowest BCUT2D eigenvalue weighted by Crippen LogP contribution is -2.17. The van der Waals surface area contributed by atoms with Gasteiger partial charge in [0.25, 0.3) is 0 Å². The lowest BCUT2D eigenvalue weighted by atomic mass is 9.78. The third kappa shape index (κ3) is 2.16. The maximum Gasteiger partial charge on any atom is 0.00695 e. The molecule has 0 bridgehead atoms. The Morgan fingerprint density at radius 3 is 2.76 bits per heavy atom. The molecular formula is C15H19NS. The van der Waals surface area contributed by atoms with Crippen LogP contribution in [0.1, 0.15) is 18.4 Å². The Morgan fingerprint density at radius 2 is 2.00 bits per heavy atom. The van der Waals surface area contributed by atoms with Crippen molar-refractivity contribution in [3.8, 4) is 0 Å². The molecule has 0 saturated carbocycles. The molecule has 2 heteroatoms. The zero-order valence-electron chi connectivity index (χ0n) is 10.3. The van der Waals surface area contributed by atoms with Crippen LogP contribution in [0.2, 0.25) is 0 Å². The quantitative estimate of drug-likeness (QED) is 0.801. The summed E-state index contributed by atoms with van der Waals surface area (Å²) >= 11 is 1.81. The monoisotopic (exact) mass is 245 g/mol. The summed E-state index contributed by atoms with van der Waals surface area (Å²) in [6.07, 6.45) is 7.21. The van der Waals surface area contributed by atoms with Crippen molar-refractivity contribution in [2.24, 2.45) is 11.8 Å². The lowest BCUT2D eigenvalue weighted by molar-refractivity contribution is 0.454. The molecule has 2 atom stereocenters. The molecule has 1 saturated heterocycles. The highest BCUT2D eigenvalue weighted by molar-refractivity contribution is 7.98. The second kappa shape index (κ2) is 4.87. The number of hydrogen-bond donors (Lipinski definition) is 1. The van der Waals surface area contributed by atoms with E-state index in [2.05, 4.69) is 41.9 Å². The number of benzene rings is 1. The Balaban J connectivity index is 1.89. The van der Waals surface area contributed by atoms with Crippen molar-refractivity contribution in [2.45, 2.75) is 17.7 Å². The van der Waals surface area contributed by atoms with E-state index >= 15 is 0 Å². The molecule has 1 aromatic carbocycles. The van der Waals surface area contributed by atoms with Crippen molar-refractivity contribution in [3.05, 3.63) is 35.9 Å². The average Bonchev–Trinajstić information content (AvgIpc) is 2.87. The van der Waals surface area contributed by atoms with Gasteiger partial charge in [0, 0.05) is 17.4 Å². The van der Waals surface area contributed by atoms with Crippen molar-refractivity contribution in [1.29, 1.82) is 0 Å². The van der Waals surface area contributed by atoms with E-state index in [4.69, 9.17) is 0 Å². The smallest absolute Gasteiger partial charge is 0.00695 e. The molecule has 1 aromatic rings.